The van der Waals surface area contributed by atoms with E-state index in [2.05, 4.69) is 15.1 Å². The monoisotopic (exact) mass is 541 g/mol. The Morgan fingerprint density at radius 1 is 1.05 bits per heavy atom. The summed E-state index contributed by atoms with van der Waals surface area (Å²) in [5.41, 5.74) is -0.366. The van der Waals surface area contributed by atoms with Crippen LogP contribution in [0.2, 0.25) is 0 Å². The maximum atomic E-state index is 16.0. The maximum Gasteiger partial charge on any atom is 0.435 e. The number of aromatic nitrogens is 5. The summed E-state index contributed by atoms with van der Waals surface area (Å²) in [4.78, 5) is 8.03. The third-order valence-electron chi connectivity index (χ3n) is 7.09. The Hall–Kier alpha value is -3.86. The van der Waals surface area contributed by atoms with Crippen LogP contribution in [0.5, 0.6) is 0 Å². The first-order valence-corrected chi connectivity index (χ1v) is 12.7. The standard InChI is InChI=1S/C28H24F5N5O/c1-15(2)18-11-16(6-8-20(18)29)21-14-37-23(13-34-21)36-27(28(31,32)33)26(37)17-7-9-22-19(25(17)30)12-35-38(22)24-5-3-4-10-39-24/h6-9,11-15,24H,3-5,10H2,1-2H3. The summed E-state index contributed by atoms with van der Waals surface area (Å²) < 4.78 is 81.3. The number of halogens is 5. The van der Waals surface area contributed by atoms with E-state index in [-0.39, 0.29) is 34.6 Å². The highest BCUT2D eigenvalue weighted by Gasteiger charge is 2.39. The van der Waals surface area contributed by atoms with Crippen molar-refractivity contribution in [3.63, 3.8) is 0 Å². The van der Waals surface area contributed by atoms with Crippen molar-refractivity contribution < 1.29 is 26.7 Å². The second kappa shape index (κ2) is 9.41. The van der Waals surface area contributed by atoms with Crippen molar-refractivity contribution in [1.29, 1.82) is 0 Å². The molecule has 1 saturated heterocycles. The fourth-order valence-electron chi connectivity index (χ4n) is 5.12. The van der Waals surface area contributed by atoms with E-state index in [1.807, 2.05) is 13.8 Å². The van der Waals surface area contributed by atoms with Gasteiger partial charge in [-0.05, 0) is 61.1 Å². The first-order valence-electron chi connectivity index (χ1n) is 12.7. The molecule has 0 saturated carbocycles. The minimum absolute atomic E-state index is 0.0825. The van der Waals surface area contributed by atoms with Gasteiger partial charge in [0, 0.05) is 23.9 Å². The summed E-state index contributed by atoms with van der Waals surface area (Å²) >= 11 is 0. The van der Waals surface area contributed by atoms with Gasteiger partial charge < -0.3 is 4.74 Å². The van der Waals surface area contributed by atoms with E-state index in [0.29, 0.717) is 35.4 Å². The molecule has 0 bridgehead atoms. The highest BCUT2D eigenvalue weighted by atomic mass is 19.4. The Morgan fingerprint density at radius 3 is 2.59 bits per heavy atom. The third kappa shape index (κ3) is 4.34. The van der Waals surface area contributed by atoms with Crippen LogP contribution < -0.4 is 0 Å². The number of ether oxygens (including phenoxy) is 1. The number of benzene rings is 2. The Balaban J connectivity index is 1.54. The van der Waals surface area contributed by atoms with Crippen molar-refractivity contribution >= 4 is 16.6 Å². The van der Waals surface area contributed by atoms with Crippen LogP contribution in [-0.4, -0.2) is 30.8 Å². The van der Waals surface area contributed by atoms with Crippen LogP contribution in [0.1, 0.15) is 56.5 Å². The lowest BCUT2D eigenvalue weighted by atomic mass is 9.99. The molecule has 1 fully saturated rings. The zero-order valence-corrected chi connectivity index (χ0v) is 21.1. The molecule has 3 aromatic heterocycles. The maximum absolute atomic E-state index is 16.0. The SMILES string of the molecule is CC(C)c1cc(-c2cn3c(-c4ccc5c(cnn5C5CCCCO5)c4F)c(C(F)(F)F)nc3cn2)ccc1F. The smallest absolute Gasteiger partial charge is 0.356 e. The quantitative estimate of drug-likeness (QED) is 0.221. The molecule has 1 unspecified atom stereocenters. The lowest BCUT2D eigenvalue weighted by Gasteiger charge is -2.23. The van der Waals surface area contributed by atoms with Gasteiger partial charge in [0.15, 0.2) is 17.6 Å². The number of rotatable bonds is 4. The minimum Gasteiger partial charge on any atom is -0.356 e. The van der Waals surface area contributed by atoms with Crippen molar-refractivity contribution in [2.45, 2.75) is 51.4 Å². The van der Waals surface area contributed by atoms with Gasteiger partial charge in [0.25, 0.3) is 0 Å². The molecule has 202 valence electrons. The van der Waals surface area contributed by atoms with Gasteiger partial charge in [-0.3, -0.25) is 9.38 Å². The second-order valence-electron chi connectivity index (χ2n) is 9.97. The average Bonchev–Trinajstić information content (AvgIpc) is 3.52. The van der Waals surface area contributed by atoms with E-state index in [9.17, 15) is 17.6 Å². The average molecular weight is 542 g/mol. The summed E-state index contributed by atoms with van der Waals surface area (Å²) in [6.45, 7) is 4.24. The molecule has 39 heavy (non-hydrogen) atoms. The van der Waals surface area contributed by atoms with E-state index in [0.717, 1.165) is 12.8 Å². The van der Waals surface area contributed by atoms with Crippen molar-refractivity contribution in [3.8, 4) is 22.5 Å². The molecule has 5 aromatic rings. The summed E-state index contributed by atoms with van der Waals surface area (Å²) in [5.74, 6) is -1.34. The van der Waals surface area contributed by atoms with Crippen LogP contribution in [0.15, 0.2) is 48.9 Å². The summed E-state index contributed by atoms with van der Waals surface area (Å²) in [6.07, 6.45) is 1.23. The summed E-state index contributed by atoms with van der Waals surface area (Å²) in [6, 6.07) is 7.28. The Kier molecular flexibility index (Phi) is 6.13. The summed E-state index contributed by atoms with van der Waals surface area (Å²) in [5, 5.41) is 4.37. The molecule has 6 nitrogen and oxygen atoms in total. The van der Waals surface area contributed by atoms with Crippen molar-refractivity contribution in [1.82, 2.24) is 24.1 Å². The molecule has 2 aromatic carbocycles. The molecule has 11 heteroatoms. The zero-order chi connectivity index (χ0) is 27.5. The fourth-order valence-corrected chi connectivity index (χ4v) is 5.12. The molecule has 4 heterocycles. The van der Waals surface area contributed by atoms with Crippen LogP contribution in [0.25, 0.3) is 39.1 Å². The molecule has 1 atom stereocenters. The number of hydrogen-bond donors (Lipinski definition) is 0. The minimum atomic E-state index is -4.86. The lowest BCUT2D eigenvalue weighted by Crippen LogP contribution is -2.18. The Bertz CT molecular complexity index is 1700. The lowest BCUT2D eigenvalue weighted by molar-refractivity contribution is -0.140. The predicted octanol–water partition coefficient (Wildman–Crippen LogP) is 7.53. The summed E-state index contributed by atoms with van der Waals surface area (Å²) in [7, 11) is 0. The van der Waals surface area contributed by atoms with Gasteiger partial charge in [-0.25, -0.2) is 18.4 Å². The third-order valence-corrected chi connectivity index (χ3v) is 7.09. The molecular formula is C28H24F5N5O. The van der Waals surface area contributed by atoms with Gasteiger partial charge in [-0.15, -0.1) is 0 Å². The van der Waals surface area contributed by atoms with Crippen LogP contribution in [0.4, 0.5) is 22.0 Å². The molecular weight excluding hydrogens is 517 g/mol. The highest BCUT2D eigenvalue weighted by molar-refractivity contribution is 5.86. The normalized spacial score (nSPS) is 16.6. The molecule has 1 aliphatic rings. The Morgan fingerprint density at radius 2 is 1.87 bits per heavy atom. The fraction of sp³-hybridized carbons (Fsp3) is 0.321. The molecule has 6 rings (SSSR count). The van der Waals surface area contributed by atoms with Gasteiger partial charge in [-0.2, -0.15) is 18.3 Å². The molecule has 0 spiro atoms. The second-order valence-corrected chi connectivity index (χ2v) is 9.97. The first-order chi connectivity index (χ1) is 18.6. The van der Waals surface area contributed by atoms with E-state index in [1.54, 1.807) is 16.8 Å². The van der Waals surface area contributed by atoms with Gasteiger partial charge in [0.1, 0.15) is 11.6 Å². The van der Waals surface area contributed by atoms with Gasteiger partial charge >= 0.3 is 6.18 Å². The number of nitrogens with zero attached hydrogens (tertiary/aromatic N) is 5. The van der Waals surface area contributed by atoms with Gasteiger partial charge in [0.2, 0.25) is 0 Å². The van der Waals surface area contributed by atoms with Crippen LogP contribution in [-0.2, 0) is 10.9 Å². The van der Waals surface area contributed by atoms with E-state index in [4.69, 9.17) is 4.74 Å². The Labute approximate surface area is 220 Å². The molecule has 0 amide bonds. The molecule has 1 aliphatic heterocycles. The van der Waals surface area contributed by atoms with Crippen LogP contribution in [0, 0.1) is 11.6 Å². The van der Waals surface area contributed by atoms with Crippen molar-refractivity contribution in [3.05, 3.63) is 71.8 Å². The first kappa shape index (κ1) is 25.4. The topological polar surface area (TPSA) is 57.2 Å². The van der Waals surface area contributed by atoms with Crippen LogP contribution >= 0.6 is 0 Å². The number of fused-ring (bicyclic) bond motifs is 2. The largest absolute Gasteiger partial charge is 0.435 e. The van der Waals surface area contributed by atoms with E-state index >= 15 is 4.39 Å². The van der Waals surface area contributed by atoms with Gasteiger partial charge in [-0.1, -0.05) is 13.8 Å². The number of alkyl halides is 3. The number of imidazole rings is 1. The van der Waals surface area contributed by atoms with Crippen LogP contribution in [0.3, 0.4) is 0 Å². The highest BCUT2D eigenvalue weighted by Crippen LogP contribution is 2.40. The molecule has 0 N–H and O–H groups in total. The van der Waals surface area contributed by atoms with Gasteiger partial charge in [0.05, 0.1) is 34.7 Å². The number of hydrogen-bond acceptors (Lipinski definition) is 4. The zero-order valence-electron chi connectivity index (χ0n) is 21.1. The van der Waals surface area contributed by atoms with E-state index in [1.165, 1.54) is 41.2 Å². The van der Waals surface area contributed by atoms with E-state index < -0.39 is 23.4 Å². The van der Waals surface area contributed by atoms with Crippen molar-refractivity contribution in [2.75, 3.05) is 6.61 Å². The molecule has 0 radical (unpaired) electrons. The molecule has 0 aliphatic carbocycles. The predicted molar refractivity (Wildman–Crippen MR) is 135 cm³/mol. The van der Waals surface area contributed by atoms with Crippen molar-refractivity contribution in [2.24, 2.45) is 0 Å².